The van der Waals surface area contributed by atoms with Crippen LogP contribution in [0.2, 0.25) is 0 Å². The van der Waals surface area contributed by atoms with Gasteiger partial charge in [-0.1, -0.05) is 6.42 Å². The fourth-order valence-electron chi connectivity index (χ4n) is 2.84. The molecular weight excluding hydrogens is 208 g/mol. The summed E-state index contributed by atoms with van der Waals surface area (Å²) in [6.45, 7) is 2.26. The molecule has 2 saturated heterocycles. The second-order valence-electron chi connectivity index (χ2n) is 4.71. The van der Waals surface area contributed by atoms with E-state index >= 15 is 0 Å². The van der Waals surface area contributed by atoms with E-state index in [1.54, 1.807) is 0 Å². The van der Waals surface area contributed by atoms with E-state index < -0.39 is 12.2 Å². The predicted molar refractivity (Wildman–Crippen MR) is 60.0 cm³/mol. The number of nitrogens with zero attached hydrogens (tertiary/aromatic N) is 1. The molecule has 0 aromatic carbocycles. The molecule has 4 N–H and O–H groups in total. The first-order valence-electron chi connectivity index (χ1n) is 6.16. The fraction of sp³-hybridized carbons (Fsp3) is 1.00. The van der Waals surface area contributed by atoms with Crippen molar-refractivity contribution < 1.29 is 14.9 Å². The molecule has 2 aliphatic heterocycles. The number of piperidine rings is 1. The minimum Gasteiger partial charge on any atom is -0.394 e. The molecule has 2 fully saturated rings. The lowest BCUT2D eigenvalue weighted by Gasteiger charge is -2.35. The summed E-state index contributed by atoms with van der Waals surface area (Å²) in [5, 5.41) is 19.2. The van der Waals surface area contributed by atoms with Crippen molar-refractivity contribution in [3.05, 3.63) is 0 Å². The number of hydrogen-bond acceptors (Lipinski definition) is 5. The largest absolute Gasteiger partial charge is 0.394 e. The first-order chi connectivity index (χ1) is 7.77. The maximum Gasteiger partial charge on any atom is 0.109 e. The van der Waals surface area contributed by atoms with Crippen molar-refractivity contribution in [3.8, 4) is 0 Å². The van der Waals surface area contributed by atoms with Crippen molar-refractivity contribution in [2.24, 2.45) is 5.73 Å². The van der Waals surface area contributed by atoms with Gasteiger partial charge in [-0.3, -0.25) is 4.90 Å². The van der Waals surface area contributed by atoms with Crippen molar-refractivity contribution in [3.63, 3.8) is 0 Å². The van der Waals surface area contributed by atoms with Crippen molar-refractivity contribution in [1.29, 1.82) is 0 Å². The van der Waals surface area contributed by atoms with Crippen molar-refractivity contribution in [2.75, 3.05) is 26.2 Å². The summed E-state index contributed by atoms with van der Waals surface area (Å²) in [5.74, 6) is 0. The van der Waals surface area contributed by atoms with E-state index in [0.29, 0.717) is 6.54 Å². The molecule has 0 aliphatic carbocycles. The second-order valence-corrected chi connectivity index (χ2v) is 4.71. The van der Waals surface area contributed by atoms with Crippen molar-refractivity contribution in [2.45, 2.75) is 43.6 Å². The molecule has 94 valence electrons. The van der Waals surface area contributed by atoms with Gasteiger partial charge in [0.1, 0.15) is 12.2 Å². The van der Waals surface area contributed by atoms with E-state index in [4.69, 9.17) is 15.6 Å². The first kappa shape index (κ1) is 12.3. The highest BCUT2D eigenvalue weighted by Gasteiger charge is 2.45. The fourth-order valence-corrected chi connectivity index (χ4v) is 2.84. The van der Waals surface area contributed by atoms with Crippen LogP contribution in [0.3, 0.4) is 0 Å². The number of hydrogen-bond donors (Lipinski definition) is 3. The lowest BCUT2D eigenvalue weighted by atomic mass is 9.99. The molecule has 0 radical (unpaired) electrons. The Bertz CT molecular complexity index is 219. The van der Waals surface area contributed by atoms with Gasteiger partial charge >= 0.3 is 0 Å². The number of nitrogens with two attached hydrogens (primary N) is 1. The van der Waals surface area contributed by atoms with Crippen LogP contribution in [0, 0.1) is 0 Å². The lowest BCUT2D eigenvalue weighted by Crippen LogP contribution is -2.51. The molecule has 0 bridgehead atoms. The average Bonchev–Trinajstić information content (AvgIpc) is 2.66. The Labute approximate surface area is 96.2 Å². The van der Waals surface area contributed by atoms with Gasteiger partial charge in [0.2, 0.25) is 0 Å². The molecule has 16 heavy (non-hydrogen) atoms. The van der Waals surface area contributed by atoms with Gasteiger partial charge in [0.05, 0.1) is 18.8 Å². The number of aliphatic hydroxyl groups is 2. The number of aliphatic hydroxyl groups excluding tert-OH is 2. The van der Waals surface area contributed by atoms with Gasteiger partial charge in [0, 0.05) is 6.54 Å². The van der Waals surface area contributed by atoms with E-state index in [1.807, 2.05) is 0 Å². The van der Waals surface area contributed by atoms with Gasteiger partial charge in [-0.2, -0.15) is 0 Å². The highest BCUT2D eigenvalue weighted by Crippen LogP contribution is 2.27. The highest BCUT2D eigenvalue weighted by atomic mass is 16.5. The summed E-state index contributed by atoms with van der Waals surface area (Å²) >= 11 is 0. The predicted octanol–water partition coefficient (Wildman–Crippen LogP) is -1.08. The summed E-state index contributed by atoms with van der Waals surface area (Å²) in [7, 11) is 0. The maximum atomic E-state index is 10.1. The standard InChI is InChI=1S/C11H22N2O3/c12-6-8-10(11(15)9(7-14)16-8)13-4-2-1-3-5-13/h8-11,14-15H,1-7,12H2. The molecular formula is C11H22N2O3. The van der Waals surface area contributed by atoms with Crippen LogP contribution < -0.4 is 5.73 Å². The lowest BCUT2D eigenvalue weighted by molar-refractivity contribution is -0.0193. The van der Waals surface area contributed by atoms with Gasteiger partial charge in [-0.05, 0) is 25.9 Å². The molecule has 4 unspecified atom stereocenters. The van der Waals surface area contributed by atoms with E-state index in [2.05, 4.69) is 4.90 Å². The summed E-state index contributed by atoms with van der Waals surface area (Å²) in [5.41, 5.74) is 5.67. The van der Waals surface area contributed by atoms with Crippen LogP contribution in [0.1, 0.15) is 19.3 Å². The Morgan fingerprint density at radius 1 is 1.19 bits per heavy atom. The highest BCUT2D eigenvalue weighted by molar-refractivity contribution is 4.97. The average molecular weight is 230 g/mol. The summed E-state index contributed by atoms with van der Waals surface area (Å²) in [6, 6.07) is -0.0394. The first-order valence-corrected chi connectivity index (χ1v) is 6.16. The maximum absolute atomic E-state index is 10.1. The van der Waals surface area contributed by atoms with E-state index in [-0.39, 0.29) is 18.8 Å². The van der Waals surface area contributed by atoms with Crippen LogP contribution in [0.5, 0.6) is 0 Å². The zero-order valence-electron chi connectivity index (χ0n) is 9.59. The molecule has 0 spiro atoms. The SMILES string of the molecule is NCC1OC(CO)C(O)C1N1CCCCC1. The molecule has 2 aliphatic rings. The van der Waals surface area contributed by atoms with Crippen LogP contribution in [-0.4, -0.2) is 65.7 Å². The van der Waals surface area contributed by atoms with Crippen LogP contribution >= 0.6 is 0 Å². The Kier molecular flexibility index (Phi) is 4.16. The van der Waals surface area contributed by atoms with Gasteiger partial charge in [-0.15, -0.1) is 0 Å². The molecule has 5 nitrogen and oxygen atoms in total. The van der Waals surface area contributed by atoms with Gasteiger partial charge in [-0.25, -0.2) is 0 Å². The minimum atomic E-state index is -0.614. The van der Waals surface area contributed by atoms with Crippen LogP contribution in [0.25, 0.3) is 0 Å². The molecule has 5 heteroatoms. The third-order valence-corrected chi connectivity index (χ3v) is 3.69. The quantitative estimate of drug-likeness (QED) is 0.575. The third-order valence-electron chi connectivity index (χ3n) is 3.69. The molecule has 0 amide bonds. The zero-order chi connectivity index (χ0) is 11.5. The van der Waals surface area contributed by atoms with E-state index in [1.165, 1.54) is 19.3 Å². The zero-order valence-corrected chi connectivity index (χ0v) is 9.59. The molecule has 0 saturated carbocycles. The van der Waals surface area contributed by atoms with Gasteiger partial charge in [0.25, 0.3) is 0 Å². The topological polar surface area (TPSA) is 79.0 Å². The molecule has 0 aromatic rings. The molecule has 2 heterocycles. The summed E-state index contributed by atoms with van der Waals surface area (Å²) in [4.78, 5) is 2.27. The third kappa shape index (κ3) is 2.24. The number of rotatable bonds is 3. The summed E-state index contributed by atoms with van der Waals surface area (Å²) in [6.07, 6.45) is 2.37. The van der Waals surface area contributed by atoms with Crippen LogP contribution in [-0.2, 0) is 4.74 Å². The molecule has 4 atom stereocenters. The molecule has 2 rings (SSSR count). The summed E-state index contributed by atoms with van der Waals surface area (Å²) < 4.78 is 5.57. The smallest absolute Gasteiger partial charge is 0.109 e. The Morgan fingerprint density at radius 2 is 1.88 bits per heavy atom. The number of likely N-dealkylation sites (tertiary alicyclic amines) is 1. The normalized spacial score (nSPS) is 41.4. The van der Waals surface area contributed by atoms with Gasteiger partial charge in [0.15, 0.2) is 0 Å². The Morgan fingerprint density at radius 3 is 2.44 bits per heavy atom. The van der Waals surface area contributed by atoms with Crippen molar-refractivity contribution >= 4 is 0 Å². The Balaban J connectivity index is 2.04. The van der Waals surface area contributed by atoms with Crippen LogP contribution in [0.4, 0.5) is 0 Å². The second kappa shape index (κ2) is 5.42. The van der Waals surface area contributed by atoms with Gasteiger partial charge < -0.3 is 20.7 Å². The Hall–Kier alpha value is -0.200. The van der Waals surface area contributed by atoms with E-state index in [0.717, 1.165) is 13.1 Å². The van der Waals surface area contributed by atoms with Crippen molar-refractivity contribution in [1.82, 2.24) is 4.90 Å². The molecule has 0 aromatic heterocycles. The monoisotopic (exact) mass is 230 g/mol. The van der Waals surface area contributed by atoms with Crippen LogP contribution in [0.15, 0.2) is 0 Å². The number of ether oxygens (including phenoxy) is 1. The van der Waals surface area contributed by atoms with E-state index in [9.17, 15) is 5.11 Å². The minimum absolute atomic E-state index is 0.0394.